The Morgan fingerprint density at radius 3 is 2.21 bits per heavy atom. The molecule has 0 saturated heterocycles. The lowest BCUT2D eigenvalue weighted by Gasteiger charge is -2.20. The van der Waals surface area contributed by atoms with Crippen LogP contribution in [0.1, 0.15) is 0 Å². The standard InChI is InChI=1S/C13H11BrClNO2S/c1-16(13-5-3-2-4-12(13)14)19(17,18)11-8-6-10(15)7-9-11/h2-9H,1H3. The summed E-state index contributed by atoms with van der Waals surface area (Å²) in [5.41, 5.74) is 0.581. The van der Waals surface area contributed by atoms with Crippen molar-refractivity contribution >= 4 is 43.2 Å². The normalized spacial score (nSPS) is 11.3. The Kier molecular flexibility index (Phi) is 4.18. The van der Waals surface area contributed by atoms with Gasteiger partial charge in [0.1, 0.15) is 0 Å². The van der Waals surface area contributed by atoms with Gasteiger partial charge in [-0.1, -0.05) is 23.7 Å². The highest BCUT2D eigenvalue weighted by molar-refractivity contribution is 9.10. The third-order valence-corrected chi connectivity index (χ3v) is 5.37. The second-order valence-electron chi connectivity index (χ2n) is 3.88. The summed E-state index contributed by atoms with van der Waals surface area (Å²) in [4.78, 5) is 0.204. The molecule has 0 radical (unpaired) electrons. The van der Waals surface area contributed by atoms with Crippen LogP contribution in [0.3, 0.4) is 0 Å². The summed E-state index contributed by atoms with van der Waals surface area (Å²) >= 11 is 9.11. The highest BCUT2D eigenvalue weighted by Crippen LogP contribution is 2.29. The Labute approximate surface area is 126 Å². The smallest absolute Gasteiger partial charge is 0.264 e. The van der Waals surface area contributed by atoms with Crippen molar-refractivity contribution in [1.29, 1.82) is 0 Å². The number of anilines is 1. The third kappa shape index (κ3) is 2.94. The molecule has 0 unspecified atom stereocenters. The van der Waals surface area contributed by atoms with Crippen molar-refractivity contribution in [2.45, 2.75) is 4.90 Å². The molecule has 0 aromatic heterocycles. The van der Waals surface area contributed by atoms with Crippen LogP contribution in [0.15, 0.2) is 57.9 Å². The van der Waals surface area contributed by atoms with E-state index in [2.05, 4.69) is 15.9 Å². The minimum Gasteiger partial charge on any atom is -0.268 e. The lowest BCUT2D eigenvalue weighted by Crippen LogP contribution is -2.26. The number of para-hydroxylation sites is 1. The second-order valence-corrected chi connectivity index (χ2v) is 7.14. The minimum atomic E-state index is -3.59. The molecular weight excluding hydrogens is 350 g/mol. The molecular formula is C13H11BrClNO2S. The zero-order chi connectivity index (χ0) is 14.0. The molecule has 0 heterocycles. The van der Waals surface area contributed by atoms with E-state index >= 15 is 0 Å². The molecule has 0 amide bonds. The molecule has 0 aliphatic carbocycles. The molecule has 0 atom stereocenters. The maximum Gasteiger partial charge on any atom is 0.264 e. The molecule has 0 N–H and O–H groups in total. The van der Waals surface area contributed by atoms with Crippen LogP contribution in [-0.2, 0) is 10.0 Å². The van der Waals surface area contributed by atoms with Gasteiger partial charge in [-0.25, -0.2) is 8.42 Å². The van der Waals surface area contributed by atoms with E-state index < -0.39 is 10.0 Å². The zero-order valence-electron chi connectivity index (χ0n) is 10.0. The number of nitrogens with zero attached hydrogens (tertiary/aromatic N) is 1. The first kappa shape index (κ1) is 14.4. The molecule has 6 heteroatoms. The molecule has 0 saturated carbocycles. The first-order valence-electron chi connectivity index (χ1n) is 5.42. The topological polar surface area (TPSA) is 37.4 Å². The summed E-state index contributed by atoms with van der Waals surface area (Å²) in [6, 6.07) is 13.2. The predicted octanol–water partition coefficient (Wildman–Crippen LogP) is 3.93. The first-order valence-corrected chi connectivity index (χ1v) is 8.03. The van der Waals surface area contributed by atoms with Crippen LogP contribution < -0.4 is 4.31 Å². The van der Waals surface area contributed by atoms with Crippen LogP contribution in [0.4, 0.5) is 5.69 Å². The van der Waals surface area contributed by atoms with Gasteiger partial charge in [0.15, 0.2) is 0 Å². The van der Waals surface area contributed by atoms with Gasteiger partial charge in [0.05, 0.1) is 10.6 Å². The van der Waals surface area contributed by atoms with Crippen LogP contribution in [0.5, 0.6) is 0 Å². The fourth-order valence-corrected chi connectivity index (χ4v) is 3.61. The van der Waals surface area contributed by atoms with Crippen LogP contribution in [-0.4, -0.2) is 15.5 Å². The van der Waals surface area contributed by atoms with E-state index in [4.69, 9.17) is 11.6 Å². The van der Waals surface area contributed by atoms with Crippen molar-refractivity contribution in [2.75, 3.05) is 11.4 Å². The molecule has 0 fully saturated rings. The molecule has 19 heavy (non-hydrogen) atoms. The number of rotatable bonds is 3. The quantitative estimate of drug-likeness (QED) is 0.832. The second kappa shape index (κ2) is 5.53. The van der Waals surface area contributed by atoms with E-state index in [1.165, 1.54) is 23.5 Å². The van der Waals surface area contributed by atoms with Crippen LogP contribution in [0.2, 0.25) is 5.02 Å². The highest BCUT2D eigenvalue weighted by Gasteiger charge is 2.22. The van der Waals surface area contributed by atoms with Crippen molar-refractivity contribution in [1.82, 2.24) is 0 Å². The largest absolute Gasteiger partial charge is 0.268 e. The van der Waals surface area contributed by atoms with Crippen molar-refractivity contribution in [3.8, 4) is 0 Å². The number of benzene rings is 2. The van der Waals surface area contributed by atoms with Gasteiger partial charge in [-0.15, -0.1) is 0 Å². The average Bonchev–Trinajstić information content (AvgIpc) is 2.39. The molecule has 0 aliphatic rings. The number of hydrogen-bond acceptors (Lipinski definition) is 2. The lowest BCUT2D eigenvalue weighted by atomic mass is 10.3. The van der Waals surface area contributed by atoms with Crippen molar-refractivity contribution in [2.24, 2.45) is 0 Å². The maximum absolute atomic E-state index is 12.5. The van der Waals surface area contributed by atoms with E-state index in [0.717, 1.165) is 4.47 Å². The Balaban J connectivity index is 2.45. The SMILES string of the molecule is CN(c1ccccc1Br)S(=O)(=O)c1ccc(Cl)cc1. The van der Waals surface area contributed by atoms with Gasteiger partial charge < -0.3 is 0 Å². The third-order valence-electron chi connectivity index (χ3n) is 2.66. The number of sulfonamides is 1. The van der Waals surface area contributed by atoms with E-state index in [9.17, 15) is 8.42 Å². The van der Waals surface area contributed by atoms with Crippen molar-refractivity contribution in [3.63, 3.8) is 0 Å². The lowest BCUT2D eigenvalue weighted by molar-refractivity contribution is 0.594. The molecule has 2 aromatic carbocycles. The molecule has 2 aromatic rings. The summed E-state index contributed by atoms with van der Waals surface area (Å²) in [5, 5.41) is 0.502. The van der Waals surface area contributed by atoms with Crippen LogP contribution in [0, 0.1) is 0 Å². The van der Waals surface area contributed by atoms with E-state index in [1.54, 1.807) is 30.3 Å². The van der Waals surface area contributed by atoms with Gasteiger partial charge in [0.25, 0.3) is 10.0 Å². The average molecular weight is 361 g/mol. The summed E-state index contributed by atoms with van der Waals surface area (Å²) in [6.45, 7) is 0. The molecule has 2 rings (SSSR count). The van der Waals surface area contributed by atoms with Crippen molar-refractivity contribution < 1.29 is 8.42 Å². The van der Waals surface area contributed by atoms with Gasteiger partial charge in [0.2, 0.25) is 0 Å². The first-order chi connectivity index (χ1) is 8.93. The fourth-order valence-electron chi connectivity index (χ4n) is 1.60. The Hall–Kier alpha value is -1.04. The molecule has 0 aliphatic heterocycles. The molecule has 0 bridgehead atoms. The maximum atomic E-state index is 12.5. The monoisotopic (exact) mass is 359 g/mol. The summed E-state index contributed by atoms with van der Waals surface area (Å²) < 4.78 is 26.9. The predicted molar refractivity (Wildman–Crippen MR) is 81.2 cm³/mol. The number of halogens is 2. The van der Waals surface area contributed by atoms with E-state index in [1.807, 2.05) is 6.07 Å². The van der Waals surface area contributed by atoms with Gasteiger partial charge in [-0.3, -0.25) is 4.31 Å². The summed E-state index contributed by atoms with van der Waals surface area (Å²) in [5.74, 6) is 0. The Bertz CT molecular complexity index is 686. The Morgan fingerprint density at radius 1 is 1.05 bits per heavy atom. The minimum absolute atomic E-state index is 0.204. The zero-order valence-corrected chi connectivity index (χ0v) is 13.2. The number of hydrogen-bond donors (Lipinski definition) is 0. The van der Waals surface area contributed by atoms with Crippen LogP contribution in [0.25, 0.3) is 0 Å². The molecule has 100 valence electrons. The summed E-state index contributed by atoms with van der Waals surface area (Å²) in [6.07, 6.45) is 0. The van der Waals surface area contributed by atoms with Gasteiger partial charge in [-0.2, -0.15) is 0 Å². The summed E-state index contributed by atoms with van der Waals surface area (Å²) in [7, 11) is -2.07. The van der Waals surface area contributed by atoms with Gasteiger partial charge in [-0.05, 0) is 52.3 Å². The highest BCUT2D eigenvalue weighted by atomic mass is 79.9. The van der Waals surface area contributed by atoms with Crippen LogP contribution >= 0.6 is 27.5 Å². The van der Waals surface area contributed by atoms with E-state index in [0.29, 0.717) is 10.7 Å². The van der Waals surface area contributed by atoms with E-state index in [-0.39, 0.29) is 4.90 Å². The van der Waals surface area contributed by atoms with Gasteiger partial charge in [0, 0.05) is 16.5 Å². The fraction of sp³-hybridized carbons (Fsp3) is 0.0769. The molecule has 0 spiro atoms. The van der Waals surface area contributed by atoms with Gasteiger partial charge >= 0.3 is 0 Å². The van der Waals surface area contributed by atoms with Crippen molar-refractivity contribution in [3.05, 3.63) is 58.0 Å². The molecule has 3 nitrogen and oxygen atoms in total. The Morgan fingerprint density at radius 2 is 1.63 bits per heavy atom.